The van der Waals surface area contributed by atoms with E-state index in [0.717, 1.165) is 34.7 Å². The van der Waals surface area contributed by atoms with Crippen LogP contribution in [-0.4, -0.2) is 40.9 Å². The maximum Gasteiger partial charge on any atom is 0.349 e. The van der Waals surface area contributed by atoms with E-state index in [4.69, 9.17) is 14.1 Å². The van der Waals surface area contributed by atoms with E-state index < -0.39 is 11.5 Å². The minimum Gasteiger partial charge on any atom is -0.422 e. The van der Waals surface area contributed by atoms with Crippen LogP contribution in [-0.2, 0) is 24.6 Å². The van der Waals surface area contributed by atoms with Crippen LogP contribution in [0.1, 0.15) is 20.9 Å². The van der Waals surface area contributed by atoms with E-state index >= 15 is 0 Å². The zero-order chi connectivity index (χ0) is 21.5. The highest BCUT2D eigenvalue weighted by atomic mass is 32.1. The molecule has 1 aliphatic carbocycles. The van der Waals surface area contributed by atoms with Gasteiger partial charge < -0.3 is 9.15 Å². The first-order valence-corrected chi connectivity index (χ1v) is 10.7. The Morgan fingerprint density at radius 3 is 3.00 bits per heavy atom. The molecule has 0 fully saturated rings. The Hall–Kier alpha value is -3.30. The number of hydrogen-bond donors (Lipinski definition) is 0. The molecule has 0 spiro atoms. The van der Waals surface area contributed by atoms with E-state index in [1.165, 1.54) is 16.2 Å². The summed E-state index contributed by atoms with van der Waals surface area (Å²) in [5.74, 6) is -0.450. The molecule has 8 nitrogen and oxygen atoms in total. The van der Waals surface area contributed by atoms with Crippen LogP contribution in [0.25, 0.3) is 22.2 Å². The molecule has 31 heavy (non-hydrogen) atoms. The van der Waals surface area contributed by atoms with Gasteiger partial charge in [0.25, 0.3) is 5.91 Å². The van der Waals surface area contributed by atoms with Crippen molar-refractivity contribution in [3.8, 4) is 11.3 Å². The summed E-state index contributed by atoms with van der Waals surface area (Å²) in [7, 11) is 3.49. The summed E-state index contributed by atoms with van der Waals surface area (Å²) in [6.45, 7) is 0.584. The van der Waals surface area contributed by atoms with Crippen molar-refractivity contribution in [2.45, 2.75) is 12.8 Å². The van der Waals surface area contributed by atoms with Gasteiger partial charge in [0.1, 0.15) is 11.1 Å². The smallest absolute Gasteiger partial charge is 0.349 e. The van der Waals surface area contributed by atoms with Crippen LogP contribution in [0.15, 0.2) is 45.7 Å². The summed E-state index contributed by atoms with van der Waals surface area (Å²) >= 11 is 1.47. The number of rotatable bonds is 5. The Kier molecular flexibility index (Phi) is 4.91. The van der Waals surface area contributed by atoms with Gasteiger partial charge in [0.05, 0.1) is 25.0 Å². The summed E-state index contributed by atoms with van der Waals surface area (Å²) in [6, 6.07) is 8.70. The number of ether oxygens (including phenoxy) is 1. The average molecular weight is 436 g/mol. The number of aromatic nitrogens is 3. The monoisotopic (exact) mass is 436 g/mol. The second-order valence-corrected chi connectivity index (χ2v) is 8.39. The topological polar surface area (TPSA) is 90.5 Å². The second kappa shape index (κ2) is 7.75. The molecule has 0 N–H and O–H groups in total. The molecule has 0 bridgehead atoms. The molecule has 4 aromatic rings. The lowest BCUT2D eigenvalue weighted by Gasteiger charge is -2.19. The lowest BCUT2D eigenvalue weighted by Crippen LogP contribution is -2.36. The van der Waals surface area contributed by atoms with Gasteiger partial charge in [-0.1, -0.05) is 18.2 Å². The van der Waals surface area contributed by atoms with Crippen molar-refractivity contribution in [3.63, 3.8) is 0 Å². The summed E-state index contributed by atoms with van der Waals surface area (Å²) in [5.41, 5.74) is 2.74. The van der Waals surface area contributed by atoms with E-state index in [9.17, 15) is 9.59 Å². The minimum atomic E-state index is -0.665. The highest BCUT2D eigenvalue weighted by Gasteiger charge is 2.29. The van der Waals surface area contributed by atoms with Gasteiger partial charge in [0.15, 0.2) is 5.13 Å². The molecule has 0 radical (unpaired) electrons. The zero-order valence-corrected chi connectivity index (χ0v) is 17.9. The van der Waals surface area contributed by atoms with Crippen molar-refractivity contribution < 1.29 is 13.9 Å². The summed E-state index contributed by atoms with van der Waals surface area (Å²) in [4.78, 5) is 33.4. The van der Waals surface area contributed by atoms with E-state index in [2.05, 4.69) is 5.10 Å². The summed E-state index contributed by atoms with van der Waals surface area (Å²) in [6.07, 6.45) is 3.53. The van der Waals surface area contributed by atoms with Crippen molar-refractivity contribution >= 4 is 33.3 Å². The van der Waals surface area contributed by atoms with E-state index in [0.29, 0.717) is 22.7 Å². The van der Waals surface area contributed by atoms with Crippen molar-refractivity contribution in [3.05, 3.63) is 63.1 Å². The van der Waals surface area contributed by atoms with Gasteiger partial charge in [0, 0.05) is 35.7 Å². The first kappa shape index (κ1) is 19.7. The SMILES string of the molecule is COCCN(C(=O)c1cc2ccccc2oc1=O)c1nc2c(s1)CCc1c-2cnn1C. The molecular formula is C22H20N4O4S. The number of methoxy groups -OCH3 is 1. The maximum absolute atomic E-state index is 13.4. The third-order valence-corrected chi connectivity index (χ3v) is 6.60. The van der Waals surface area contributed by atoms with E-state index in [1.807, 2.05) is 24.0 Å². The number of carbonyl (C=O) groups excluding carboxylic acids is 1. The second-order valence-electron chi connectivity index (χ2n) is 7.33. The molecule has 0 saturated heterocycles. The minimum absolute atomic E-state index is 0.0231. The van der Waals surface area contributed by atoms with Gasteiger partial charge in [-0.3, -0.25) is 14.4 Å². The molecule has 0 unspecified atom stereocenters. The van der Waals surface area contributed by atoms with Gasteiger partial charge in [-0.05, 0) is 25.0 Å². The number of carbonyl (C=O) groups is 1. The van der Waals surface area contributed by atoms with Crippen LogP contribution in [0.2, 0.25) is 0 Å². The van der Waals surface area contributed by atoms with Gasteiger partial charge in [0.2, 0.25) is 0 Å². The molecule has 1 aliphatic rings. The zero-order valence-electron chi connectivity index (χ0n) is 17.1. The van der Waals surface area contributed by atoms with Crippen molar-refractivity contribution in [1.29, 1.82) is 0 Å². The molecule has 1 amide bonds. The fourth-order valence-electron chi connectivity index (χ4n) is 3.85. The van der Waals surface area contributed by atoms with Crippen molar-refractivity contribution in [1.82, 2.24) is 14.8 Å². The first-order chi connectivity index (χ1) is 15.1. The fraction of sp³-hybridized carbons (Fsp3) is 0.273. The number of anilines is 1. The lowest BCUT2D eigenvalue weighted by molar-refractivity contribution is 0.0972. The molecule has 3 heterocycles. The number of benzene rings is 1. The van der Waals surface area contributed by atoms with Gasteiger partial charge >= 0.3 is 5.63 Å². The Morgan fingerprint density at radius 2 is 2.16 bits per heavy atom. The summed E-state index contributed by atoms with van der Waals surface area (Å²) < 4.78 is 12.4. The number of nitrogens with zero attached hydrogens (tertiary/aromatic N) is 4. The molecule has 3 aromatic heterocycles. The molecule has 1 aromatic carbocycles. The van der Waals surface area contributed by atoms with Crippen LogP contribution in [0.4, 0.5) is 5.13 Å². The lowest BCUT2D eigenvalue weighted by atomic mass is 10.0. The Bertz CT molecular complexity index is 1350. The normalized spacial score (nSPS) is 12.6. The fourth-order valence-corrected chi connectivity index (χ4v) is 4.94. The van der Waals surface area contributed by atoms with Crippen LogP contribution < -0.4 is 10.5 Å². The third-order valence-electron chi connectivity index (χ3n) is 5.46. The molecule has 5 rings (SSSR count). The first-order valence-electron chi connectivity index (χ1n) is 9.91. The van der Waals surface area contributed by atoms with Crippen LogP contribution in [0.5, 0.6) is 0 Å². The van der Waals surface area contributed by atoms with Crippen molar-refractivity contribution in [2.24, 2.45) is 7.05 Å². The Morgan fingerprint density at radius 1 is 1.32 bits per heavy atom. The number of aryl methyl sites for hydroxylation is 2. The van der Waals surface area contributed by atoms with E-state index in [-0.39, 0.29) is 12.1 Å². The highest BCUT2D eigenvalue weighted by molar-refractivity contribution is 7.16. The third kappa shape index (κ3) is 3.35. The van der Waals surface area contributed by atoms with Gasteiger partial charge in [-0.15, -0.1) is 11.3 Å². The number of hydrogen-bond acceptors (Lipinski definition) is 7. The summed E-state index contributed by atoms with van der Waals surface area (Å²) in [5, 5.41) is 5.58. The number of thiazole rings is 1. The molecule has 158 valence electrons. The maximum atomic E-state index is 13.4. The molecule has 0 saturated carbocycles. The highest BCUT2D eigenvalue weighted by Crippen LogP contribution is 2.39. The molecule has 0 atom stereocenters. The number of amides is 1. The molecular weight excluding hydrogens is 416 g/mol. The standard InChI is InChI=1S/C22H20N4O4S/c1-25-16-7-8-18-19(15(16)12-23-25)24-22(31-18)26(9-10-29-2)20(27)14-11-13-5-3-4-6-17(13)30-21(14)28/h3-6,11-12H,7-10H2,1-2H3. The quantitative estimate of drug-likeness (QED) is 0.447. The van der Waals surface area contributed by atoms with Gasteiger partial charge in [-0.2, -0.15) is 5.10 Å². The van der Waals surface area contributed by atoms with Crippen LogP contribution in [0.3, 0.4) is 0 Å². The van der Waals surface area contributed by atoms with Crippen molar-refractivity contribution in [2.75, 3.05) is 25.2 Å². The Balaban J connectivity index is 1.57. The van der Waals surface area contributed by atoms with Crippen LogP contribution >= 0.6 is 11.3 Å². The van der Waals surface area contributed by atoms with Gasteiger partial charge in [-0.25, -0.2) is 9.78 Å². The largest absolute Gasteiger partial charge is 0.422 e. The van der Waals surface area contributed by atoms with Crippen LogP contribution in [0, 0.1) is 0 Å². The molecule has 9 heteroatoms. The molecule has 0 aliphatic heterocycles. The predicted molar refractivity (Wildman–Crippen MR) is 118 cm³/mol. The number of para-hydroxylation sites is 1. The number of fused-ring (bicyclic) bond motifs is 4. The predicted octanol–water partition coefficient (Wildman–Crippen LogP) is 3.04. The van der Waals surface area contributed by atoms with E-state index in [1.54, 1.807) is 31.4 Å². The Labute approximate surface area is 181 Å². The average Bonchev–Trinajstić information content (AvgIpc) is 3.37.